The van der Waals surface area contributed by atoms with Gasteiger partial charge in [-0.2, -0.15) is 0 Å². The molecule has 2 rings (SSSR count). The average molecular weight is 248 g/mol. The molecular formula is C13H10ClNO2. The summed E-state index contributed by atoms with van der Waals surface area (Å²) >= 11 is 5.84. The van der Waals surface area contributed by atoms with Gasteiger partial charge in [0, 0.05) is 11.8 Å². The number of methoxy groups -OCH3 is 1. The number of benzene rings is 1. The van der Waals surface area contributed by atoms with Crippen LogP contribution in [0.2, 0.25) is 5.02 Å². The number of carbonyl (C=O) groups excluding carboxylic acids is 1. The van der Waals surface area contributed by atoms with Gasteiger partial charge < -0.3 is 4.74 Å². The van der Waals surface area contributed by atoms with Gasteiger partial charge in [0.2, 0.25) is 0 Å². The van der Waals surface area contributed by atoms with Crippen LogP contribution in [0.1, 0.15) is 10.4 Å². The number of rotatable bonds is 2. The molecule has 0 saturated carbocycles. The van der Waals surface area contributed by atoms with Crippen molar-refractivity contribution in [3.05, 3.63) is 53.2 Å². The van der Waals surface area contributed by atoms with Gasteiger partial charge in [-0.25, -0.2) is 4.79 Å². The summed E-state index contributed by atoms with van der Waals surface area (Å²) in [6, 6.07) is 11.0. The molecule has 1 aromatic carbocycles. The van der Waals surface area contributed by atoms with E-state index in [9.17, 15) is 4.79 Å². The Kier molecular flexibility index (Phi) is 3.40. The van der Waals surface area contributed by atoms with Gasteiger partial charge in [0.25, 0.3) is 0 Å². The standard InChI is InChI=1S/C13H10ClNO2/c1-17-13(16)11-7-10(14)8-15-12(11)9-5-3-2-4-6-9/h2-8H,1H3. The Morgan fingerprint density at radius 1 is 1.29 bits per heavy atom. The lowest BCUT2D eigenvalue weighted by Gasteiger charge is -2.07. The van der Waals surface area contributed by atoms with E-state index in [1.165, 1.54) is 13.3 Å². The molecule has 0 bridgehead atoms. The Balaban J connectivity index is 2.58. The number of aromatic nitrogens is 1. The van der Waals surface area contributed by atoms with Crippen LogP contribution >= 0.6 is 11.6 Å². The zero-order valence-electron chi connectivity index (χ0n) is 9.18. The molecule has 1 aromatic heterocycles. The molecule has 0 aliphatic rings. The number of pyridine rings is 1. The maximum Gasteiger partial charge on any atom is 0.340 e. The van der Waals surface area contributed by atoms with E-state index in [0.717, 1.165) is 5.56 Å². The second kappa shape index (κ2) is 4.97. The van der Waals surface area contributed by atoms with E-state index in [2.05, 4.69) is 4.98 Å². The predicted molar refractivity (Wildman–Crippen MR) is 66.0 cm³/mol. The zero-order valence-corrected chi connectivity index (χ0v) is 9.94. The van der Waals surface area contributed by atoms with Crippen LogP contribution < -0.4 is 0 Å². The minimum atomic E-state index is -0.446. The summed E-state index contributed by atoms with van der Waals surface area (Å²) < 4.78 is 4.72. The predicted octanol–water partition coefficient (Wildman–Crippen LogP) is 3.19. The zero-order chi connectivity index (χ0) is 12.3. The van der Waals surface area contributed by atoms with Gasteiger partial charge in [-0.3, -0.25) is 4.98 Å². The molecule has 0 spiro atoms. The molecule has 17 heavy (non-hydrogen) atoms. The third-order valence-electron chi connectivity index (χ3n) is 2.31. The molecule has 1 heterocycles. The van der Waals surface area contributed by atoms with Crippen LogP contribution in [0.5, 0.6) is 0 Å². The molecule has 86 valence electrons. The summed E-state index contributed by atoms with van der Waals surface area (Å²) in [7, 11) is 1.33. The van der Waals surface area contributed by atoms with Crippen LogP contribution in [-0.4, -0.2) is 18.1 Å². The van der Waals surface area contributed by atoms with Crippen molar-refractivity contribution in [2.45, 2.75) is 0 Å². The van der Waals surface area contributed by atoms with E-state index in [1.807, 2.05) is 30.3 Å². The lowest BCUT2D eigenvalue weighted by Crippen LogP contribution is -2.05. The van der Waals surface area contributed by atoms with Crippen molar-refractivity contribution in [1.82, 2.24) is 4.98 Å². The fourth-order valence-electron chi connectivity index (χ4n) is 1.53. The minimum absolute atomic E-state index is 0.367. The van der Waals surface area contributed by atoms with E-state index in [1.54, 1.807) is 6.07 Å². The fraction of sp³-hybridized carbons (Fsp3) is 0.0769. The Morgan fingerprint density at radius 3 is 2.65 bits per heavy atom. The quantitative estimate of drug-likeness (QED) is 0.765. The molecule has 0 saturated heterocycles. The van der Waals surface area contributed by atoms with Crippen molar-refractivity contribution in [3.63, 3.8) is 0 Å². The van der Waals surface area contributed by atoms with Gasteiger partial charge >= 0.3 is 5.97 Å². The van der Waals surface area contributed by atoms with Gasteiger partial charge in [0.15, 0.2) is 0 Å². The summed E-state index contributed by atoms with van der Waals surface area (Å²) in [6.07, 6.45) is 1.51. The number of nitrogens with zero attached hydrogens (tertiary/aromatic N) is 1. The maximum absolute atomic E-state index is 11.6. The van der Waals surface area contributed by atoms with E-state index in [0.29, 0.717) is 16.3 Å². The molecule has 0 aliphatic carbocycles. The van der Waals surface area contributed by atoms with Gasteiger partial charge in [0.1, 0.15) is 0 Å². The molecule has 0 amide bonds. The first-order chi connectivity index (χ1) is 8.22. The highest BCUT2D eigenvalue weighted by molar-refractivity contribution is 6.30. The van der Waals surface area contributed by atoms with Crippen LogP contribution in [0.15, 0.2) is 42.6 Å². The maximum atomic E-state index is 11.6. The van der Waals surface area contributed by atoms with Crippen LogP contribution in [0, 0.1) is 0 Å². The van der Waals surface area contributed by atoms with Crippen molar-refractivity contribution in [3.8, 4) is 11.3 Å². The molecule has 0 fully saturated rings. The third-order valence-corrected chi connectivity index (χ3v) is 2.51. The largest absolute Gasteiger partial charge is 0.465 e. The first-order valence-corrected chi connectivity index (χ1v) is 5.39. The summed E-state index contributed by atoms with van der Waals surface area (Å²) in [6.45, 7) is 0. The summed E-state index contributed by atoms with van der Waals surface area (Å²) in [4.78, 5) is 15.8. The monoisotopic (exact) mass is 247 g/mol. The number of carbonyl (C=O) groups is 1. The molecular weight excluding hydrogens is 238 g/mol. The summed E-state index contributed by atoms with van der Waals surface area (Å²) in [5.74, 6) is -0.446. The lowest BCUT2D eigenvalue weighted by atomic mass is 10.1. The highest BCUT2D eigenvalue weighted by atomic mass is 35.5. The van der Waals surface area contributed by atoms with Crippen molar-refractivity contribution in [2.75, 3.05) is 7.11 Å². The average Bonchev–Trinajstić information content (AvgIpc) is 2.38. The Labute approximate surface area is 104 Å². The number of halogens is 1. The summed E-state index contributed by atoms with van der Waals surface area (Å²) in [5, 5.41) is 0.407. The molecule has 3 nitrogen and oxygen atoms in total. The Hall–Kier alpha value is -1.87. The van der Waals surface area contributed by atoms with Crippen LogP contribution in [0.3, 0.4) is 0 Å². The first-order valence-electron chi connectivity index (χ1n) is 5.01. The number of hydrogen-bond donors (Lipinski definition) is 0. The molecule has 0 unspecified atom stereocenters. The number of esters is 1. The second-order valence-electron chi connectivity index (χ2n) is 3.41. The molecule has 0 N–H and O–H groups in total. The van der Waals surface area contributed by atoms with E-state index in [-0.39, 0.29) is 0 Å². The highest BCUT2D eigenvalue weighted by Gasteiger charge is 2.15. The van der Waals surface area contributed by atoms with E-state index in [4.69, 9.17) is 16.3 Å². The van der Waals surface area contributed by atoms with Crippen molar-refractivity contribution in [2.24, 2.45) is 0 Å². The van der Waals surface area contributed by atoms with Crippen molar-refractivity contribution < 1.29 is 9.53 Å². The van der Waals surface area contributed by atoms with Gasteiger partial charge in [-0.1, -0.05) is 41.9 Å². The molecule has 0 atom stereocenters. The molecule has 0 aliphatic heterocycles. The fourth-order valence-corrected chi connectivity index (χ4v) is 1.69. The Bertz CT molecular complexity index is 540. The normalized spacial score (nSPS) is 10.0. The number of ether oxygens (including phenoxy) is 1. The SMILES string of the molecule is COC(=O)c1cc(Cl)cnc1-c1ccccc1. The third kappa shape index (κ3) is 2.45. The second-order valence-corrected chi connectivity index (χ2v) is 3.84. The highest BCUT2D eigenvalue weighted by Crippen LogP contribution is 2.24. The van der Waals surface area contributed by atoms with Crippen molar-refractivity contribution in [1.29, 1.82) is 0 Å². The van der Waals surface area contributed by atoms with Crippen LogP contribution in [0.25, 0.3) is 11.3 Å². The number of hydrogen-bond acceptors (Lipinski definition) is 3. The van der Waals surface area contributed by atoms with E-state index < -0.39 is 5.97 Å². The Morgan fingerprint density at radius 2 is 2.00 bits per heavy atom. The van der Waals surface area contributed by atoms with Gasteiger partial charge in [-0.15, -0.1) is 0 Å². The van der Waals surface area contributed by atoms with Crippen molar-refractivity contribution >= 4 is 17.6 Å². The molecule has 4 heteroatoms. The topological polar surface area (TPSA) is 39.2 Å². The smallest absolute Gasteiger partial charge is 0.340 e. The van der Waals surface area contributed by atoms with Gasteiger partial charge in [0.05, 0.1) is 23.4 Å². The molecule has 0 radical (unpaired) electrons. The minimum Gasteiger partial charge on any atom is -0.465 e. The summed E-state index contributed by atoms with van der Waals surface area (Å²) in [5.41, 5.74) is 1.79. The van der Waals surface area contributed by atoms with Crippen LogP contribution in [-0.2, 0) is 4.74 Å². The first kappa shape index (κ1) is 11.6. The van der Waals surface area contributed by atoms with Crippen LogP contribution in [0.4, 0.5) is 0 Å². The van der Waals surface area contributed by atoms with Gasteiger partial charge in [-0.05, 0) is 6.07 Å². The molecule has 2 aromatic rings. The van der Waals surface area contributed by atoms with E-state index >= 15 is 0 Å². The lowest BCUT2D eigenvalue weighted by molar-refractivity contribution is 0.0601.